The van der Waals surface area contributed by atoms with Crippen molar-refractivity contribution in [3.05, 3.63) is 36.9 Å². The molecule has 2 atom stereocenters. The van der Waals surface area contributed by atoms with E-state index in [1.807, 2.05) is 6.92 Å². The van der Waals surface area contributed by atoms with E-state index < -0.39 is 28.4 Å². The zero-order valence-corrected chi connectivity index (χ0v) is 24.8. The maximum atomic E-state index is 13.3. The second kappa shape index (κ2) is 10.8. The Kier molecular flexibility index (Phi) is 7.09. The number of fused-ring (bicyclic) bond motifs is 1. The number of benzene rings is 1. The fourth-order valence-electron chi connectivity index (χ4n) is 8.03. The first kappa shape index (κ1) is 28.2. The van der Waals surface area contributed by atoms with Crippen LogP contribution in [0.25, 0.3) is 11.2 Å². The summed E-state index contributed by atoms with van der Waals surface area (Å²) >= 11 is 0. The number of hydrogen-bond donors (Lipinski definition) is 4. The van der Waals surface area contributed by atoms with Gasteiger partial charge in [-0.05, 0) is 100 Å². The maximum Gasteiger partial charge on any atom is 0.324 e. The van der Waals surface area contributed by atoms with Gasteiger partial charge in [-0.25, -0.2) is 32.9 Å². The SMILES string of the molecule is CCNC(=O)[C@@H]1CC[C@H](n2cnc3c(NC(=O)Nc4ccc(S(=O)(=O)NC56CC7CC(CC(C7)C5)C6)cc4)ncnc32)O1. The molecular weight excluding hydrogens is 572 g/mol. The Morgan fingerprint density at radius 2 is 1.67 bits per heavy atom. The van der Waals surface area contributed by atoms with Gasteiger partial charge in [-0.15, -0.1) is 0 Å². The Morgan fingerprint density at radius 1 is 0.977 bits per heavy atom. The molecule has 1 saturated heterocycles. The number of rotatable bonds is 8. The number of anilines is 2. The second-order valence-corrected chi connectivity index (χ2v) is 14.2. The van der Waals surface area contributed by atoms with Gasteiger partial charge in [0.2, 0.25) is 15.9 Å². The number of carbonyl (C=O) groups is 2. The van der Waals surface area contributed by atoms with Crippen molar-refractivity contribution >= 4 is 44.6 Å². The van der Waals surface area contributed by atoms with Crippen molar-refractivity contribution in [3.8, 4) is 0 Å². The van der Waals surface area contributed by atoms with Crippen LogP contribution >= 0.6 is 0 Å². The van der Waals surface area contributed by atoms with Gasteiger partial charge in [0.25, 0.3) is 0 Å². The fraction of sp³-hybridized carbons (Fsp3) is 0.552. The van der Waals surface area contributed by atoms with Crippen molar-refractivity contribution < 1.29 is 22.7 Å². The number of likely N-dealkylation sites (N-methyl/N-ethyl adjacent to an activating group) is 1. The minimum Gasteiger partial charge on any atom is -0.354 e. The van der Waals surface area contributed by atoms with Crippen LogP contribution in [0, 0.1) is 17.8 Å². The van der Waals surface area contributed by atoms with Gasteiger partial charge in [-0.2, -0.15) is 0 Å². The number of urea groups is 1. The molecule has 4 bridgehead atoms. The summed E-state index contributed by atoms with van der Waals surface area (Å²) in [5.41, 5.74) is 0.945. The molecule has 4 aliphatic carbocycles. The van der Waals surface area contributed by atoms with E-state index >= 15 is 0 Å². The molecular formula is C29H36N8O5S. The highest BCUT2D eigenvalue weighted by molar-refractivity contribution is 7.89. The van der Waals surface area contributed by atoms with E-state index in [-0.39, 0.29) is 22.2 Å². The van der Waals surface area contributed by atoms with Gasteiger partial charge >= 0.3 is 6.03 Å². The van der Waals surface area contributed by atoms with Crippen LogP contribution in [0.3, 0.4) is 0 Å². The number of imidazole rings is 1. The van der Waals surface area contributed by atoms with Gasteiger partial charge in [-0.3, -0.25) is 14.7 Å². The predicted molar refractivity (Wildman–Crippen MR) is 157 cm³/mol. The number of carbonyl (C=O) groups excluding carboxylic acids is 2. The third-order valence-corrected chi connectivity index (χ3v) is 10.9. The number of ether oxygens (including phenoxy) is 1. The Labute approximate surface area is 249 Å². The zero-order valence-electron chi connectivity index (χ0n) is 24.0. The number of nitrogens with zero attached hydrogens (tertiary/aromatic N) is 4. The minimum atomic E-state index is -3.70. The summed E-state index contributed by atoms with van der Waals surface area (Å²) in [6.07, 6.45) is 9.61. The molecule has 1 aliphatic heterocycles. The molecule has 14 heteroatoms. The molecule has 3 heterocycles. The van der Waals surface area contributed by atoms with E-state index in [0.29, 0.717) is 54.0 Å². The van der Waals surface area contributed by atoms with Crippen LogP contribution in [0.2, 0.25) is 0 Å². The van der Waals surface area contributed by atoms with Gasteiger partial charge in [0.15, 0.2) is 17.0 Å². The normalized spacial score (nSPS) is 29.6. The molecule has 0 spiro atoms. The van der Waals surface area contributed by atoms with E-state index in [0.717, 1.165) is 19.3 Å². The summed E-state index contributed by atoms with van der Waals surface area (Å²) < 4.78 is 37.4. The van der Waals surface area contributed by atoms with Crippen molar-refractivity contribution in [2.75, 3.05) is 17.2 Å². The Hall–Kier alpha value is -3.62. The average molecular weight is 609 g/mol. The zero-order chi connectivity index (χ0) is 29.8. The largest absolute Gasteiger partial charge is 0.354 e. The molecule has 8 rings (SSSR count). The first-order valence-electron chi connectivity index (χ1n) is 15.0. The lowest BCUT2D eigenvalue weighted by molar-refractivity contribution is -0.133. The number of hydrogen-bond acceptors (Lipinski definition) is 8. The Morgan fingerprint density at radius 3 is 2.35 bits per heavy atom. The highest BCUT2D eigenvalue weighted by Gasteiger charge is 2.52. The van der Waals surface area contributed by atoms with E-state index in [1.54, 1.807) is 23.0 Å². The van der Waals surface area contributed by atoms with Crippen LogP contribution in [0.1, 0.15) is 64.5 Å². The predicted octanol–water partition coefficient (Wildman–Crippen LogP) is 3.53. The summed E-state index contributed by atoms with van der Waals surface area (Å²) in [5, 5.41) is 8.20. The van der Waals surface area contributed by atoms with E-state index in [2.05, 4.69) is 35.6 Å². The van der Waals surface area contributed by atoms with Crippen molar-refractivity contribution in [2.45, 2.75) is 81.1 Å². The van der Waals surface area contributed by atoms with Gasteiger partial charge in [0.05, 0.1) is 11.2 Å². The third-order valence-electron chi connectivity index (χ3n) is 9.35. The van der Waals surface area contributed by atoms with E-state index in [1.165, 1.54) is 37.7 Å². The van der Waals surface area contributed by atoms with Crippen molar-refractivity contribution in [1.82, 2.24) is 29.6 Å². The summed E-state index contributed by atoms with van der Waals surface area (Å²) in [4.78, 5) is 38.1. The molecule has 3 aromatic rings. The van der Waals surface area contributed by atoms with Crippen LogP contribution in [-0.4, -0.2) is 58.1 Å². The minimum absolute atomic E-state index is 0.146. The van der Waals surface area contributed by atoms with Gasteiger partial charge < -0.3 is 15.4 Å². The molecule has 1 aromatic carbocycles. The van der Waals surface area contributed by atoms with Crippen LogP contribution in [-0.2, 0) is 19.6 Å². The molecule has 13 nitrogen and oxygen atoms in total. The van der Waals surface area contributed by atoms with Gasteiger partial charge in [-0.1, -0.05) is 0 Å². The second-order valence-electron chi connectivity index (χ2n) is 12.5. The van der Waals surface area contributed by atoms with Crippen molar-refractivity contribution in [2.24, 2.45) is 17.8 Å². The molecule has 2 aromatic heterocycles. The lowest BCUT2D eigenvalue weighted by atomic mass is 9.53. The van der Waals surface area contributed by atoms with E-state index in [4.69, 9.17) is 4.74 Å². The Balaban J connectivity index is 0.994. The first-order valence-corrected chi connectivity index (χ1v) is 16.5. The summed E-state index contributed by atoms with van der Waals surface area (Å²) in [6, 6.07) is 5.60. The van der Waals surface area contributed by atoms with Crippen LogP contribution < -0.4 is 20.7 Å². The quantitative estimate of drug-likeness (QED) is 0.301. The number of nitrogens with one attached hydrogen (secondary N) is 4. The monoisotopic (exact) mass is 608 g/mol. The Bertz CT molecular complexity index is 1620. The fourth-order valence-corrected chi connectivity index (χ4v) is 9.46. The molecule has 4 saturated carbocycles. The highest BCUT2D eigenvalue weighted by atomic mass is 32.2. The van der Waals surface area contributed by atoms with Gasteiger partial charge in [0, 0.05) is 17.8 Å². The summed E-state index contributed by atoms with van der Waals surface area (Å²) in [5.74, 6) is 1.95. The molecule has 5 fully saturated rings. The lowest BCUT2D eigenvalue weighted by Crippen LogP contribution is -2.59. The van der Waals surface area contributed by atoms with Gasteiger partial charge in [0.1, 0.15) is 18.7 Å². The van der Waals surface area contributed by atoms with Crippen molar-refractivity contribution in [3.63, 3.8) is 0 Å². The molecule has 3 amide bonds. The highest BCUT2D eigenvalue weighted by Crippen LogP contribution is 2.56. The average Bonchev–Trinajstić information content (AvgIpc) is 3.60. The lowest BCUT2D eigenvalue weighted by Gasteiger charge is -2.56. The number of amides is 3. The molecule has 5 aliphatic rings. The summed E-state index contributed by atoms with van der Waals surface area (Å²) in [6.45, 7) is 2.39. The molecule has 228 valence electrons. The van der Waals surface area contributed by atoms with Crippen LogP contribution in [0.4, 0.5) is 16.3 Å². The van der Waals surface area contributed by atoms with E-state index in [9.17, 15) is 18.0 Å². The van der Waals surface area contributed by atoms with Crippen LogP contribution in [0.5, 0.6) is 0 Å². The van der Waals surface area contributed by atoms with Crippen molar-refractivity contribution in [1.29, 1.82) is 0 Å². The molecule has 0 unspecified atom stereocenters. The maximum absolute atomic E-state index is 13.3. The topological polar surface area (TPSA) is 169 Å². The molecule has 4 N–H and O–H groups in total. The molecule has 0 radical (unpaired) electrons. The number of sulfonamides is 1. The first-order chi connectivity index (χ1) is 20.7. The standard InChI is InChI=1S/C29H36N8O5S/c1-2-30-27(38)22-7-8-23(42-22)37-16-33-24-25(31-15-32-26(24)37)35-28(39)34-20-3-5-21(6-4-20)43(40,41)36-29-12-17-9-18(13-29)11-19(10-17)14-29/h3-6,15-19,22-23,36H,2,7-14H2,1H3,(H,30,38)(H2,31,32,34,35,39)/t17?,18?,19?,22-,23+,29?/m0/s1. The molecule has 43 heavy (non-hydrogen) atoms. The number of aromatic nitrogens is 4. The summed E-state index contributed by atoms with van der Waals surface area (Å²) in [7, 11) is -3.70. The smallest absolute Gasteiger partial charge is 0.324 e. The van der Waals surface area contributed by atoms with Crippen LogP contribution in [0.15, 0.2) is 41.8 Å². The third kappa shape index (κ3) is 5.47.